The molecule has 7 heteroatoms. The number of thiophene rings is 1. The second kappa shape index (κ2) is 6.54. The number of piperidine rings is 1. The molecule has 0 radical (unpaired) electrons. The summed E-state index contributed by atoms with van der Waals surface area (Å²) in [6, 6.07) is 3.99. The fourth-order valence-corrected chi connectivity index (χ4v) is 6.18. The summed E-state index contributed by atoms with van der Waals surface area (Å²) in [5, 5.41) is 0. The number of sulfonamides is 1. The Bertz CT molecular complexity index is 574. The molecular weight excluding hydrogens is 328 g/mol. The number of hydrogen-bond donors (Lipinski definition) is 1. The second-order valence-corrected chi connectivity index (χ2v) is 9.58. The molecule has 3 rings (SSSR count). The lowest BCUT2D eigenvalue weighted by Crippen LogP contribution is -2.47. The number of rotatable bonds is 4. The van der Waals surface area contributed by atoms with E-state index in [2.05, 4.69) is 9.62 Å². The van der Waals surface area contributed by atoms with Crippen LogP contribution in [0.1, 0.15) is 38.5 Å². The third-order valence-electron chi connectivity index (χ3n) is 4.51. The van der Waals surface area contributed by atoms with Crippen LogP contribution in [0.5, 0.6) is 0 Å². The van der Waals surface area contributed by atoms with Gasteiger partial charge in [0.1, 0.15) is 4.21 Å². The summed E-state index contributed by atoms with van der Waals surface area (Å²) in [6.45, 7) is 2.01. The van der Waals surface area contributed by atoms with Crippen molar-refractivity contribution >= 4 is 33.0 Å². The molecule has 4 nitrogen and oxygen atoms in total. The average Bonchev–Trinajstić information content (AvgIpc) is 3.10. The Kier molecular flexibility index (Phi) is 4.90. The van der Waals surface area contributed by atoms with Crippen LogP contribution in [0, 0.1) is 0 Å². The summed E-state index contributed by atoms with van der Waals surface area (Å²) >= 11 is 6.93. The van der Waals surface area contributed by atoms with E-state index in [0.717, 1.165) is 43.3 Å². The normalized spacial score (nSPS) is 22.9. The van der Waals surface area contributed by atoms with E-state index in [4.69, 9.17) is 11.6 Å². The van der Waals surface area contributed by atoms with Crippen molar-refractivity contribution in [2.24, 2.45) is 0 Å². The van der Waals surface area contributed by atoms with Gasteiger partial charge in [-0.1, -0.05) is 24.4 Å². The van der Waals surface area contributed by atoms with Gasteiger partial charge in [0.25, 0.3) is 0 Å². The zero-order valence-corrected chi connectivity index (χ0v) is 14.3. The van der Waals surface area contributed by atoms with Gasteiger partial charge in [-0.3, -0.25) is 0 Å². The average molecular weight is 349 g/mol. The highest BCUT2D eigenvalue weighted by atomic mass is 35.5. The number of likely N-dealkylation sites (tertiary alicyclic amines) is 1. The maximum absolute atomic E-state index is 12.3. The van der Waals surface area contributed by atoms with Gasteiger partial charge in [-0.2, -0.15) is 0 Å². The van der Waals surface area contributed by atoms with Crippen LogP contribution in [0.15, 0.2) is 16.3 Å². The van der Waals surface area contributed by atoms with Gasteiger partial charge in [0, 0.05) is 12.1 Å². The standard InChI is InChI=1S/C14H21ClN2O2S2/c15-13-5-6-14(20-13)21(18,19)16-11-7-9-17(10-8-11)12-3-1-2-4-12/h5-6,11-12,16H,1-4,7-10H2. The summed E-state index contributed by atoms with van der Waals surface area (Å²) < 4.78 is 28.2. The predicted molar refractivity (Wildman–Crippen MR) is 86.5 cm³/mol. The van der Waals surface area contributed by atoms with Crippen molar-refractivity contribution in [3.63, 3.8) is 0 Å². The van der Waals surface area contributed by atoms with Crippen LogP contribution in [-0.2, 0) is 10.0 Å². The Balaban J connectivity index is 1.55. The van der Waals surface area contributed by atoms with E-state index in [0.29, 0.717) is 8.55 Å². The Morgan fingerprint density at radius 3 is 2.38 bits per heavy atom. The summed E-state index contributed by atoms with van der Waals surface area (Å²) in [5.41, 5.74) is 0. The number of nitrogens with zero attached hydrogens (tertiary/aromatic N) is 1. The van der Waals surface area contributed by atoms with Crippen LogP contribution in [0.3, 0.4) is 0 Å². The largest absolute Gasteiger partial charge is 0.300 e. The first-order valence-corrected chi connectivity index (χ1v) is 10.2. The maximum atomic E-state index is 12.3. The molecule has 0 bridgehead atoms. The van der Waals surface area contributed by atoms with Gasteiger partial charge in [0.15, 0.2) is 0 Å². The fraction of sp³-hybridized carbons (Fsp3) is 0.714. The van der Waals surface area contributed by atoms with Crippen molar-refractivity contribution in [2.75, 3.05) is 13.1 Å². The molecule has 1 saturated carbocycles. The third kappa shape index (κ3) is 3.79. The van der Waals surface area contributed by atoms with E-state index >= 15 is 0 Å². The molecular formula is C14H21ClN2O2S2. The van der Waals surface area contributed by atoms with Crippen LogP contribution in [-0.4, -0.2) is 38.5 Å². The van der Waals surface area contributed by atoms with Crippen molar-refractivity contribution in [2.45, 2.75) is 54.8 Å². The van der Waals surface area contributed by atoms with Crippen LogP contribution in [0.2, 0.25) is 4.34 Å². The van der Waals surface area contributed by atoms with Crippen LogP contribution in [0.4, 0.5) is 0 Å². The molecule has 0 spiro atoms. The Labute approximate surface area is 135 Å². The summed E-state index contributed by atoms with van der Waals surface area (Å²) in [6.07, 6.45) is 7.10. The van der Waals surface area contributed by atoms with Crippen LogP contribution in [0.25, 0.3) is 0 Å². The number of hydrogen-bond acceptors (Lipinski definition) is 4. The molecule has 0 aromatic carbocycles. The van der Waals surface area contributed by atoms with Crippen LogP contribution < -0.4 is 4.72 Å². The van der Waals surface area contributed by atoms with Gasteiger partial charge in [-0.05, 0) is 50.9 Å². The van der Waals surface area contributed by atoms with Gasteiger partial charge in [-0.15, -0.1) is 11.3 Å². The fourth-order valence-electron chi connectivity index (χ4n) is 3.37. The van der Waals surface area contributed by atoms with Crippen molar-refractivity contribution < 1.29 is 8.42 Å². The summed E-state index contributed by atoms with van der Waals surface area (Å²) in [4.78, 5) is 2.54. The number of nitrogens with one attached hydrogen (secondary N) is 1. The lowest BCUT2D eigenvalue weighted by Gasteiger charge is -2.36. The topological polar surface area (TPSA) is 49.4 Å². The zero-order chi connectivity index (χ0) is 14.9. The quantitative estimate of drug-likeness (QED) is 0.909. The molecule has 1 aromatic rings. The van der Waals surface area contributed by atoms with Crippen molar-refractivity contribution in [1.29, 1.82) is 0 Å². The molecule has 118 valence electrons. The third-order valence-corrected chi connectivity index (χ3v) is 7.75. The van der Waals surface area contributed by atoms with Gasteiger partial charge < -0.3 is 4.90 Å². The Morgan fingerprint density at radius 1 is 1.14 bits per heavy atom. The van der Waals surface area contributed by atoms with Crippen molar-refractivity contribution in [3.8, 4) is 0 Å². The van der Waals surface area contributed by atoms with E-state index < -0.39 is 10.0 Å². The molecule has 2 aliphatic rings. The Morgan fingerprint density at radius 2 is 1.81 bits per heavy atom. The van der Waals surface area contributed by atoms with Crippen molar-refractivity contribution in [1.82, 2.24) is 9.62 Å². The minimum absolute atomic E-state index is 0.0496. The smallest absolute Gasteiger partial charge is 0.250 e. The number of halogens is 1. The van der Waals surface area contributed by atoms with Gasteiger partial charge >= 0.3 is 0 Å². The molecule has 0 atom stereocenters. The highest BCUT2D eigenvalue weighted by molar-refractivity contribution is 7.91. The monoisotopic (exact) mass is 348 g/mol. The van der Waals surface area contributed by atoms with E-state index in [-0.39, 0.29) is 6.04 Å². The molecule has 1 aliphatic carbocycles. The predicted octanol–water partition coefficient (Wildman–Crippen LogP) is 3.09. The van der Waals surface area contributed by atoms with Gasteiger partial charge in [-0.25, -0.2) is 13.1 Å². The SMILES string of the molecule is O=S(=O)(NC1CCN(C2CCCC2)CC1)c1ccc(Cl)s1. The molecule has 1 saturated heterocycles. The maximum Gasteiger partial charge on any atom is 0.250 e. The van der Waals surface area contributed by atoms with Crippen molar-refractivity contribution in [3.05, 3.63) is 16.5 Å². The first-order valence-electron chi connectivity index (χ1n) is 7.56. The van der Waals surface area contributed by atoms with E-state index in [1.165, 1.54) is 25.7 Å². The lowest BCUT2D eigenvalue weighted by molar-refractivity contribution is 0.151. The highest BCUT2D eigenvalue weighted by Gasteiger charge is 2.29. The molecule has 0 amide bonds. The molecule has 1 aromatic heterocycles. The lowest BCUT2D eigenvalue weighted by atomic mass is 10.0. The van der Waals surface area contributed by atoms with Gasteiger partial charge in [0.05, 0.1) is 4.34 Å². The zero-order valence-electron chi connectivity index (χ0n) is 11.9. The minimum Gasteiger partial charge on any atom is -0.300 e. The first kappa shape index (κ1) is 15.7. The highest BCUT2D eigenvalue weighted by Crippen LogP contribution is 2.28. The first-order chi connectivity index (χ1) is 10.0. The molecule has 21 heavy (non-hydrogen) atoms. The van der Waals surface area contributed by atoms with E-state index in [1.807, 2.05) is 0 Å². The van der Waals surface area contributed by atoms with Crippen LogP contribution >= 0.6 is 22.9 Å². The molecule has 2 fully saturated rings. The molecule has 1 N–H and O–H groups in total. The molecule has 2 heterocycles. The Hall–Kier alpha value is -0.140. The summed E-state index contributed by atoms with van der Waals surface area (Å²) in [7, 11) is -3.41. The van der Waals surface area contributed by atoms with E-state index in [1.54, 1.807) is 12.1 Å². The minimum atomic E-state index is -3.41. The van der Waals surface area contributed by atoms with Gasteiger partial charge in [0.2, 0.25) is 10.0 Å². The molecule has 1 aliphatic heterocycles. The van der Waals surface area contributed by atoms with E-state index in [9.17, 15) is 8.42 Å². The summed E-state index contributed by atoms with van der Waals surface area (Å²) in [5.74, 6) is 0. The molecule has 0 unspecified atom stereocenters. The second-order valence-electron chi connectivity index (χ2n) is 5.93.